The van der Waals surface area contributed by atoms with E-state index in [2.05, 4.69) is 41.9 Å². The Kier molecular flexibility index (Phi) is 7.12. The number of carbonyl (C=O) groups excluding carboxylic acids is 1. The molecule has 0 radical (unpaired) electrons. The van der Waals surface area contributed by atoms with Crippen molar-refractivity contribution in [3.63, 3.8) is 0 Å². The fourth-order valence-corrected chi connectivity index (χ4v) is 3.66. The predicted molar refractivity (Wildman–Crippen MR) is 99.9 cm³/mol. The molecular weight excluding hydrogens is 479 g/mol. The van der Waals surface area contributed by atoms with E-state index in [1.807, 2.05) is 0 Å². The van der Waals surface area contributed by atoms with Gasteiger partial charge >= 0.3 is 0 Å². The van der Waals surface area contributed by atoms with Gasteiger partial charge in [-0.25, -0.2) is 17.5 Å². The SMILES string of the molecule is O=C(CCNS(=O)(=O)c1ccc(Br)cc1)NCc1cc(Br)ccc1F. The first-order chi connectivity index (χ1) is 11.8. The number of hydrogen-bond donors (Lipinski definition) is 2. The Balaban J connectivity index is 1.82. The third-order valence-corrected chi connectivity index (χ3v) is 5.75. The molecule has 0 saturated carbocycles. The Morgan fingerprint density at radius 3 is 2.36 bits per heavy atom. The molecule has 0 unspecified atom stereocenters. The van der Waals surface area contributed by atoms with Crippen LogP contribution in [0.25, 0.3) is 0 Å². The van der Waals surface area contributed by atoms with E-state index in [4.69, 9.17) is 0 Å². The molecule has 0 saturated heterocycles. The van der Waals surface area contributed by atoms with Gasteiger partial charge in [-0.2, -0.15) is 0 Å². The summed E-state index contributed by atoms with van der Waals surface area (Å²) in [6.07, 6.45) is -0.0502. The predicted octanol–water partition coefficient (Wildman–Crippen LogP) is 3.34. The second kappa shape index (κ2) is 8.88. The van der Waals surface area contributed by atoms with Gasteiger partial charge in [-0.05, 0) is 42.5 Å². The molecule has 1 amide bonds. The molecule has 0 aromatic heterocycles. The van der Waals surface area contributed by atoms with Crippen LogP contribution in [0.4, 0.5) is 4.39 Å². The highest BCUT2D eigenvalue weighted by Gasteiger charge is 2.14. The number of benzene rings is 2. The Bertz CT molecular complexity index is 858. The molecule has 0 atom stereocenters. The van der Waals surface area contributed by atoms with Crippen LogP contribution in [-0.4, -0.2) is 20.9 Å². The maximum atomic E-state index is 13.6. The van der Waals surface area contributed by atoms with E-state index < -0.39 is 15.8 Å². The van der Waals surface area contributed by atoms with Crippen LogP contribution in [0.2, 0.25) is 0 Å². The monoisotopic (exact) mass is 492 g/mol. The smallest absolute Gasteiger partial charge is 0.240 e. The van der Waals surface area contributed by atoms with Crippen molar-refractivity contribution in [2.45, 2.75) is 17.9 Å². The Labute approximate surface area is 162 Å². The van der Waals surface area contributed by atoms with Crippen LogP contribution in [0.15, 0.2) is 56.3 Å². The van der Waals surface area contributed by atoms with Gasteiger partial charge in [0.15, 0.2) is 0 Å². The van der Waals surface area contributed by atoms with Gasteiger partial charge < -0.3 is 5.32 Å². The minimum atomic E-state index is -3.67. The number of sulfonamides is 1. The first-order valence-corrected chi connectivity index (χ1v) is 10.3. The summed E-state index contributed by atoms with van der Waals surface area (Å²) in [6, 6.07) is 10.6. The van der Waals surface area contributed by atoms with Crippen LogP contribution >= 0.6 is 31.9 Å². The van der Waals surface area contributed by atoms with Crippen LogP contribution in [-0.2, 0) is 21.4 Å². The van der Waals surface area contributed by atoms with Crippen LogP contribution in [0.5, 0.6) is 0 Å². The largest absolute Gasteiger partial charge is 0.352 e. The highest BCUT2D eigenvalue weighted by atomic mass is 79.9. The fourth-order valence-electron chi connectivity index (χ4n) is 1.96. The van der Waals surface area contributed by atoms with Crippen LogP contribution in [0, 0.1) is 5.82 Å². The number of carbonyl (C=O) groups is 1. The average molecular weight is 494 g/mol. The lowest BCUT2D eigenvalue weighted by atomic mass is 10.2. The first kappa shape index (κ1) is 20.0. The Morgan fingerprint density at radius 2 is 1.68 bits per heavy atom. The van der Waals surface area contributed by atoms with Crippen molar-refractivity contribution < 1.29 is 17.6 Å². The average Bonchev–Trinajstić information content (AvgIpc) is 2.56. The van der Waals surface area contributed by atoms with E-state index in [0.29, 0.717) is 10.0 Å². The van der Waals surface area contributed by atoms with E-state index in [1.165, 1.54) is 18.2 Å². The quantitative estimate of drug-likeness (QED) is 0.621. The van der Waals surface area contributed by atoms with Gasteiger partial charge in [-0.15, -0.1) is 0 Å². The van der Waals surface area contributed by atoms with Gasteiger partial charge in [0, 0.05) is 34.0 Å². The molecular formula is C16H15Br2FN2O3S. The molecule has 2 rings (SSSR count). The normalized spacial score (nSPS) is 11.3. The van der Waals surface area contributed by atoms with Crippen molar-refractivity contribution in [2.24, 2.45) is 0 Å². The van der Waals surface area contributed by atoms with Crippen molar-refractivity contribution >= 4 is 47.8 Å². The summed E-state index contributed by atoms with van der Waals surface area (Å²) in [6.45, 7) is -0.0191. The van der Waals surface area contributed by atoms with Crippen molar-refractivity contribution in [1.29, 1.82) is 0 Å². The summed E-state index contributed by atoms with van der Waals surface area (Å²) in [4.78, 5) is 11.9. The number of nitrogens with one attached hydrogen (secondary N) is 2. The fraction of sp³-hybridized carbons (Fsp3) is 0.188. The number of hydrogen-bond acceptors (Lipinski definition) is 3. The molecule has 9 heteroatoms. The molecule has 134 valence electrons. The van der Waals surface area contributed by atoms with Gasteiger partial charge in [0.25, 0.3) is 0 Å². The zero-order chi connectivity index (χ0) is 18.4. The molecule has 0 heterocycles. The zero-order valence-corrected chi connectivity index (χ0v) is 16.9. The number of amides is 1. The van der Waals surface area contributed by atoms with Crippen molar-refractivity contribution in [1.82, 2.24) is 10.0 Å². The molecule has 0 aliphatic heterocycles. The highest BCUT2D eigenvalue weighted by molar-refractivity contribution is 9.10. The number of rotatable bonds is 7. The van der Waals surface area contributed by atoms with Gasteiger partial charge in [-0.3, -0.25) is 4.79 Å². The zero-order valence-electron chi connectivity index (χ0n) is 12.9. The molecule has 2 N–H and O–H groups in total. The molecule has 0 bridgehead atoms. The first-order valence-electron chi connectivity index (χ1n) is 7.24. The lowest BCUT2D eigenvalue weighted by molar-refractivity contribution is -0.121. The molecule has 0 spiro atoms. The maximum absolute atomic E-state index is 13.6. The van der Waals surface area contributed by atoms with Gasteiger partial charge in [0.1, 0.15) is 5.82 Å². The highest BCUT2D eigenvalue weighted by Crippen LogP contribution is 2.16. The maximum Gasteiger partial charge on any atom is 0.240 e. The molecule has 2 aromatic rings. The van der Waals surface area contributed by atoms with Crippen molar-refractivity contribution in [3.8, 4) is 0 Å². The summed E-state index contributed by atoms with van der Waals surface area (Å²) in [5, 5.41) is 2.56. The third-order valence-electron chi connectivity index (χ3n) is 3.25. The second-order valence-corrected chi connectivity index (χ2v) is 8.71. The topological polar surface area (TPSA) is 75.3 Å². The second-order valence-electron chi connectivity index (χ2n) is 5.11. The van der Waals surface area contributed by atoms with Crippen LogP contribution < -0.4 is 10.0 Å². The molecule has 0 fully saturated rings. The van der Waals surface area contributed by atoms with E-state index in [0.717, 1.165) is 4.47 Å². The molecule has 2 aromatic carbocycles. The standard InChI is InChI=1S/C16H15Br2FN2O3S/c17-12-1-4-14(5-2-12)25(23,24)21-8-7-16(22)20-10-11-9-13(18)3-6-15(11)19/h1-6,9,21H,7-8,10H2,(H,20,22). The molecule has 25 heavy (non-hydrogen) atoms. The van der Waals surface area contributed by atoms with E-state index >= 15 is 0 Å². The van der Waals surface area contributed by atoms with Crippen molar-refractivity contribution in [2.75, 3.05) is 6.54 Å². The summed E-state index contributed by atoms with van der Waals surface area (Å²) >= 11 is 6.47. The summed E-state index contributed by atoms with van der Waals surface area (Å²) in [5.41, 5.74) is 0.346. The van der Waals surface area contributed by atoms with Gasteiger partial charge in [-0.1, -0.05) is 31.9 Å². The summed E-state index contributed by atoms with van der Waals surface area (Å²) in [5.74, 6) is -0.794. The molecule has 5 nitrogen and oxygen atoms in total. The third kappa shape index (κ3) is 6.18. The van der Waals surface area contributed by atoms with Crippen LogP contribution in [0.1, 0.15) is 12.0 Å². The Hall–Kier alpha value is -1.29. The number of halogens is 3. The minimum Gasteiger partial charge on any atom is -0.352 e. The lowest BCUT2D eigenvalue weighted by Crippen LogP contribution is -2.30. The Morgan fingerprint density at radius 1 is 1.04 bits per heavy atom. The lowest BCUT2D eigenvalue weighted by Gasteiger charge is -2.09. The van der Waals surface area contributed by atoms with Gasteiger partial charge in [0.2, 0.25) is 15.9 Å². The van der Waals surface area contributed by atoms with E-state index in [9.17, 15) is 17.6 Å². The summed E-state index contributed by atoms with van der Waals surface area (Å²) < 4.78 is 41.6. The van der Waals surface area contributed by atoms with E-state index in [1.54, 1.807) is 24.3 Å². The minimum absolute atomic E-state index is 0.0313. The summed E-state index contributed by atoms with van der Waals surface area (Å²) in [7, 11) is -3.67. The van der Waals surface area contributed by atoms with Crippen molar-refractivity contribution in [3.05, 3.63) is 62.8 Å². The molecule has 0 aliphatic carbocycles. The van der Waals surface area contributed by atoms with Crippen LogP contribution in [0.3, 0.4) is 0 Å². The van der Waals surface area contributed by atoms with Gasteiger partial charge in [0.05, 0.1) is 4.90 Å². The van der Waals surface area contributed by atoms with E-state index in [-0.39, 0.29) is 30.3 Å². The molecule has 0 aliphatic rings.